The van der Waals surface area contributed by atoms with Crippen molar-refractivity contribution in [3.63, 3.8) is 0 Å². The van der Waals surface area contributed by atoms with Crippen LogP contribution in [0.25, 0.3) is 0 Å². The molecule has 0 saturated heterocycles. The van der Waals surface area contributed by atoms with Crippen LogP contribution in [0.3, 0.4) is 0 Å². The Morgan fingerprint density at radius 3 is 1.00 bits per heavy atom. The molecule has 0 aromatic heterocycles. The second kappa shape index (κ2) is 24.4. The van der Waals surface area contributed by atoms with Crippen molar-refractivity contribution in [3.05, 3.63) is 0 Å². The Labute approximate surface area is 190 Å². The van der Waals surface area contributed by atoms with Crippen molar-refractivity contribution in [3.8, 4) is 0 Å². The van der Waals surface area contributed by atoms with Gasteiger partial charge in [0.05, 0.1) is 0 Å². The zero-order valence-corrected chi connectivity index (χ0v) is 16.8. The van der Waals surface area contributed by atoms with E-state index in [4.69, 9.17) is 19.2 Å². The smallest absolute Gasteiger partial charge is 1.00 e. The molecule has 0 bridgehead atoms. The van der Waals surface area contributed by atoms with Crippen molar-refractivity contribution in [2.45, 2.75) is 0 Å². The molecule has 0 rings (SSSR count). The van der Waals surface area contributed by atoms with Gasteiger partial charge in [-0.15, -0.1) is 0 Å². The molecule has 0 heterocycles. The van der Waals surface area contributed by atoms with Crippen LogP contribution < -0.4 is 70.2 Å². The van der Waals surface area contributed by atoms with E-state index in [0.717, 1.165) is 0 Å². The summed E-state index contributed by atoms with van der Waals surface area (Å²) in [4.78, 5) is 29.3. The normalized spacial score (nSPS) is 5.45. The van der Waals surface area contributed by atoms with Crippen molar-refractivity contribution in [2.24, 2.45) is 0 Å². The average Bonchev–Trinajstić information content (AvgIpc) is 0.722. The Morgan fingerprint density at radius 1 is 1.00 bits per heavy atom. The first kappa shape index (κ1) is 44.4. The van der Waals surface area contributed by atoms with Crippen LogP contribution in [0.4, 0.5) is 4.70 Å². The largest absolute Gasteiger partial charge is 2.00 e. The SMILES string of the molecule is F.O[Si](O)(O)O.[Ca+2].[H-].[H-].[H-].[H-].[K+].[Li+].[Ti].[Zr]. The molecular formula is H9CaFKLiO4SiTiZr. The molecular weight excluding hydrogens is 336 g/mol. The molecule has 4 N–H and O–H groups in total. The minimum Gasteiger partial charge on any atom is -1.00 e. The standard InChI is InChI=1S/Ca.FH.K.Li.H4O4Si.Ti.Zr.4H/c;;;;1-5(2,3)4;;;;;;/h;1H;;;1-4H;;;;;;/q+2;;2*+1;;;;4*-1. The van der Waals surface area contributed by atoms with Gasteiger partial charge in [0, 0.05) is 47.9 Å². The number of hydrogen-bond donors (Lipinski definition) is 4. The summed E-state index contributed by atoms with van der Waals surface area (Å²) in [6, 6.07) is 0. The van der Waals surface area contributed by atoms with Crippen LogP contribution in [0.15, 0.2) is 0 Å². The van der Waals surface area contributed by atoms with Crippen LogP contribution in [0.2, 0.25) is 0 Å². The quantitative estimate of drug-likeness (QED) is 0.329. The zero-order valence-electron chi connectivity index (χ0n) is 10.4. The molecule has 0 radical (unpaired) electrons. The maximum absolute atomic E-state index is 7.33. The Morgan fingerprint density at radius 2 is 1.00 bits per heavy atom. The van der Waals surface area contributed by atoms with E-state index in [2.05, 4.69) is 0 Å². The predicted molar refractivity (Wildman–Crippen MR) is 27.3 cm³/mol. The van der Waals surface area contributed by atoms with Gasteiger partial charge in [-0.2, -0.15) is 0 Å². The molecule has 0 spiro atoms. The van der Waals surface area contributed by atoms with Gasteiger partial charge < -0.3 is 24.9 Å². The summed E-state index contributed by atoms with van der Waals surface area (Å²) in [6.45, 7) is 0. The van der Waals surface area contributed by atoms with E-state index in [1.165, 1.54) is 0 Å². The Kier molecular flexibility index (Phi) is 98.2. The summed E-state index contributed by atoms with van der Waals surface area (Å²) in [7, 11) is -4.61. The summed E-state index contributed by atoms with van der Waals surface area (Å²) in [5, 5.41) is 0. The zero-order chi connectivity index (χ0) is 4.50. The molecule has 0 unspecified atom stereocenters. The molecule has 0 aliphatic heterocycles. The van der Waals surface area contributed by atoms with E-state index in [9.17, 15) is 0 Å². The first-order valence-electron chi connectivity index (χ1n) is 0.894. The summed E-state index contributed by atoms with van der Waals surface area (Å²) < 4.78 is 0. The molecule has 0 aromatic rings. The van der Waals surface area contributed by atoms with Crippen molar-refractivity contribution in [1.29, 1.82) is 0 Å². The molecule has 0 aromatic carbocycles. The number of hydrogen-bond acceptors (Lipinski definition) is 4. The van der Waals surface area contributed by atoms with Gasteiger partial charge in [0.25, 0.3) is 0 Å². The minimum absolute atomic E-state index is 0. The Balaban J connectivity index is -0.00000000178. The van der Waals surface area contributed by atoms with Gasteiger partial charge >= 0.3 is 117 Å². The fraction of sp³-hybridized carbons (Fsp3) is 0. The van der Waals surface area contributed by atoms with Gasteiger partial charge in [0.1, 0.15) is 0 Å². The van der Waals surface area contributed by atoms with E-state index in [1.54, 1.807) is 0 Å². The van der Waals surface area contributed by atoms with Crippen LogP contribution in [0.5, 0.6) is 0 Å². The van der Waals surface area contributed by atoms with Gasteiger partial charge in [-0.3, -0.25) is 4.70 Å². The van der Waals surface area contributed by atoms with Crippen LogP contribution in [-0.2, 0) is 47.9 Å². The number of halogens is 1. The second-order valence-electron chi connectivity index (χ2n) is 0.600. The molecule has 0 aliphatic carbocycles. The molecule has 0 saturated carbocycles. The third kappa shape index (κ3) is 100. The molecule has 11 heteroatoms. The summed E-state index contributed by atoms with van der Waals surface area (Å²) in [6.07, 6.45) is 0. The predicted octanol–water partition coefficient (Wildman–Crippen LogP) is -8.38. The van der Waals surface area contributed by atoms with E-state index in [-0.39, 0.29) is 166 Å². The topological polar surface area (TPSA) is 80.9 Å². The van der Waals surface area contributed by atoms with Gasteiger partial charge in [-0.25, -0.2) is 0 Å². The maximum atomic E-state index is 7.33. The summed E-state index contributed by atoms with van der Waals surface area (Å²) >= 11 is 0. The number of rotatable bonds is 0. The van der Waals surface area contributed by atoms with E-state index in [0.29, 0.717) is 0 Å². The first-order chi connectivity index (χ1) is 2.00. The third-order valence-electron chi connectivity index (χ3n) is 0. The molecule has 56 valence electrons. The van der Waals surface area contributed by atoms with Gasteiger partial charge in [0.15, 0.2) is 0 Å². The van der Waals surface area contributed by atoms with Crippen LogP contribution in [0.1, 0.15) is 5.71 Å². The molecule has 0 fully saturated rings. The Hall–Kier alpha value is 5.08. The van der Waals surface area contributed by atoms with E-state index >= 15 is 0 Å². The van der Waals surface area contributed by atoms with Crippen molar-refractivity contribution in [1.82, 2.24) is 0 Å². The minimum atomic E-state index is -4.61. The Bertz CT molecular complexity index is 58.1. The third-order valence-corrected chi connectivity index (χ3v) is 0. The van der Waals surface area contributed by atoms with E-state index < -0.39 is 9.05 Å². The van der Waals surface area contributed by atoms with Crippen molar-refractivity contribution >= 4 is 46.8 Å². The maximum Gasteiger partial charge on any atom is 2.00 e. The summed E-state index contributed by atoms with van der Waals surface area (Å²) in [5.41, 5.74) is 0. The second-order valence-corrected chi connectivity index (χ2v) is 1.80. The fourth-order valence-corrected chi connectivity index (χ4v) is 0. The molecule has 0 amide bonds. The van der Waals surface area contributed by atoms with Gasteiger partial charge in [-0.1, -0.05) is 0 Å². The first-order valence-corrected chi connectivity index (χ1v) is 2.68. The van der Waals surface area contributed by atoms with Gasteiger partial charge in [0.2, 0.25) is 0 Å². The molecule has 11 heavy (non-hydrogen) atoms. The van der Waals surface area contributed by atoms with Gasteiger partial charge in [-0.05, 0) is 0 Å². The molecule has 0 aliphatic rings. The molecule has 4 nitrogen and oxygen atoms in total. The average molecular weight is 345 g/mol. The monoisotopic (exact) mass is 344 g/mol. The van der Waals surface area contributed by atoms with Crippen molar-refractivity contribution < 1.29 is 148 Å². The van der Waals surface area contributed by atoms with Crippen LogP contribution >= 0.6 is 0 Å². The summed E-state index contributed by atoms with van der Waals surface area (Å²) in [5.74, 6) is 0. The fourth-order valence-electron chi connectivity index (χ4n) is 0. The van der Waals surface area contributed by atoms with Crippen LogP contribution in [-0.4, -0.2) is 66.0 Å². The van der Waals surface area contributed by atoms with Crippen LogP contribution in [0, 0.1) is 0 Å². The van der Waals surface area contributed by atoms with E-state index in [1.807, 2.05) is 0 Å². The van der Waals surface area contributed by atoms with Crippen molar-refractivity contribution in [2.75, 3.05) is 0 Å². The molecule has 0 atom stereocenters.